The number of nitrogens with zero attached hydrogens (tertiary/aromatic N) is 3. The van der Waals surface area contributed by atoms with Crippen LogP contribution in [0.25, 0.3) is 6.08 Å². The third kappa shape index (κ3) is 4.48. The van der Waals surface area contributed by atoms with E-state index in [1.807, 2.05) is 0 Å². The molecule has 11 heteroatoms. The molecule has 8 nitrogen and oxygen atoms in total. The van der Waals surface area contributed by atoms with Crippen LogP contribution in [0.15, 0.2) is 35.1 Å². The first-order valence-corrected chi connectivity index (χ1v) is 8.29. The summed E-state index contributed by atoms with van der Waals surface area (Å²) in [6.07, 6.45) is -1.93. The van der Waals surface area contributed by atoms with E-state index < -0.39 is 17.6 Å². The smallest absolute Gasteiger partial charge is 0.343 e. The SMILES string of the molecule is O=C(/C=C/c1ccc(C(F)(F)F)cc1)NCC(=O)N1CCn2c(n[nH]c2=O)C1. The Hall–Kier alpha value is -3.37. The Bertz CT molecular complexity index is 960. The molecule has 0 bridgehead atoms. The molecule has 148 valence electrons. The number of hydrogen-bond acceptors (Lipinski definition) is 4. The molecule has 1 aliphatic heterocycles. The highest BCUT2D eigenvalue weighted by atomic mass is 19.4. The van der Waals surface area contributed by atoms with Gasteiger partial charge in [0.1, 0.15) is 0 Å². The van der Waals surface area contributed by atoms with Gasteiger partial charge in [0.2, 0.25) is 11.8 Å². The lowest BCUT2D eigenvalue weighted by Gasteiger charge is -2.26. The molecule has 1 aromatic carbocycles. The van der Waals surface area contributed by atoms with E-state index in [9.17, 15) is 27.6 Å². The van der Waals surface area contributed by atoms with Crippen molar-refractivity contribution in [2.45, 2.75) is 19.3 Å². The summed E-state index contributed by atoms with van der Waals surface area (Å²) in [5.41, 5.74) is -0.686. The van der Waals surface area contributed by atoms with Gasteiger partial charge in [-0.1, -0.05) is 12.1 Å². The number of H-pyrrole nitrogens is 1. The van der Waals surface area contributed by atoms with E-state index in [0.29, 0.717) is 24.5 Å². The normalized spacial score (nSPS) is 14.2. The molecule has 28 heavy (non-hydrogen) atoms. The standard InChI is InChI=1S/C17H16F3N5O3/c18-17(19,20)12-4-1-11(2-5-12)3-6-14(26)21-9-15(27)24-7-8-25-13(10-24)22-23-16(25)28/h1-6H,7-10H2,(H,21,26)(H,23,28)/b6-3+. The second kappa shape index (κ2) is 7.71. The van der Waals surface area contributed by atoms with Gasteiger partial charge >= 0.3 is 11.9 Å². The molecule has 2 N–H and O–H groups in total. The zero-order valence-corrected chi connectivity index (χ0v) is 14.5. The first kappa shape index (κ1) is 19.4. The summed E-state index contributed by atoms with van der Waals surface area (Å²) in [4.78, 5) is 36.9. The Kier molecular flexibility index (Phi) is 5.34. The van der Waals surface area contributed by atoms with E-state index >= 15 is 0 Å². The van der Waals surface area contributed by atoms with Crippen LogP contribution in [0.3, 0.4) is 0 Å². The predicted molar refractivity (Wildman–Crippen MR) is 91.8 cm³/mol. The highest BCUT2D eigenvalue weighted by Crippen LogP contribution is 2.29. The van der Waals surface area contributed by atoms with Crippen molar-refractivity contribution < 1.29 is 22.8 Å². The molecule has 0 saturated heterocycles. The second-order valence-corrected chi connectivity index (χ2v) is 6.08. The molecule has 0 fully saturated rings. The number of alkyl halides is 3. The molecule has 3 rings (SSSR count). The van der Waals surface area contributed by atoms with Crippen molar-refractivity contribution in [2.75, 3.05) is 13.1 Å². The summed E-state index contributed by atoms with van der Waals surface area (Å²) in [5, 5.41) is 8.56. The van der Waals surface area contributed by atoms with E-state index in [1.165, 1.54) is 27.7 Å². The number of fused-ring (bicyclic) bond motifs is 1. The van der Waals surface area contributed by atoms with Crippen molar-refractivity contribution in [2.24, 2.45) is 0 Å². The van der Waals surface area contributed by atoms with Gasteiger partial charge in [-0.2, -0.15) is 18.3 Å². The molecule has 0 radical (unpaired) electrons. The van der Waals surface area contributed by atoms with E-state index in [4.69, 9.17) is 0 Å². The van der Waals surface area contributed by atoms with Gasteiger partial charge in [0.15, 0.2) is 5.82 Å². The lowest BCUT2D eigenvalue weighted by atomic mass is 10.1. The number of hydrogen-bond donors (Lipinski definition) is 2. The first-order chi connectivity index (χ1) is 13.2. The van der Waals surface area contributed by atoms with Gasteiger partial charge in [-0.3, -0.25) is 14.2 Å². The van der Waals surface area contributed by atoms with Gasteiger partial charge in [0, 0.05) is 19.2 Å². The van der Waals surface area contributed by atoms with Crippen LogP contribution < -0.4 is 11.0 Å². The molecular weight excluding hydrogens is 379 g/mol. The molecule has 0 spiro atoms. The van der Waals surface area contributed by atoms with Gasteiger partial charge in [-0.25, -0.2) is 9.89 Å². The van der Waals surface area contributed by atoms with Gasteiger partial charge in [0.05, 0.1) is 18.7 Å². The summed E-state index contributed by atoms with van der Waals surface area (Å²) in [6.45, 7) is 0.556. The van der Waals surface area contributed by atoms with Gasteiger partial charge in [0.25, 0.3) is 0 Å². The van der Waals surface area contributed by atoms with Crippen molar-refractivity contribution in [3.05, 3.63) is 57.8 Å². The van der Waals surface area contributed by atoms with Crippen LogP contribution in [0.4, 0.5) is 13.2 Å². The Morgan fingerprint density at radius 3 is 2.61 bits per heavy atom. The molecule has 0 unspecified atom stereocenters. The Labute approximate surface area is 156 Å². The average Bonchev–Trinajstić information content (AvgIpc) is 3.04. The Morgan fingerprint density at radius 1 is 1.21 bits per heavy atom. The fraction of sp³-hybridized carbons (Fsp3) is 0.294. The fourth-order valence-electron chi connectivity index (χ4n) is 2.67. The number of amides is 2. The van der Waals surface area contributed by atoms with Crippen LogP contribution in [0.1, 0.15) is 17.0 Å². The lowest BCUT2D eigenvalue weighted by Crippen LogP contribution is -2.44. The Balaban J connectivity index is 1.49. The molecule has 2 aromatic rings. The maximum absolute atomic E-state index is 12.5. The van der Waals surface area contributed by atoms with Gasteiger partial charge in [-0.05, 0) is 23.8 Å². The zero-order chi connectivity index (χ0) is 20.3. The van der Waals surface area contributed by atoms with Crippen LogP contribution in [-0.4, -0.2) is 44.6 Å². The highest BCUT2D eigenvalue weighted by Gasteiger charge is 2.29. The van der Waals surface area contributed by atoms with Crippen molar-refractivity contribution in [3.63, 3.8) is 0 Å². The van der Waals surface area contributed by atoms with Gasteiger partial charge in [-0.15, -0.1) is 0 Å². The molecule has 2 amide bonds. The third-order valence-electron chi connectivity index (χ3n) is 4.19. The maximum atomic E-state index is 12.5. The number of aromatic amines is 1. The largest absolute Gasteiger partial charge is 0.416 e. The molecule has 1 aliphatic rings. The number of nitrogens with one attached hydrogen (secondary N) is 2. The molecule has 0 aliphatic carbocycles. The zero-order valence-electron chi connectivity index (χ0n) is 14.5. The topological polar surface area (TPSA) is 100 Å². The van der Waals surface area contributed by atoms with Crippen molar-refractivity contribution >= 4 is 17.9 Å². The summed E-state index contributed by atoms with van der Waals surface area (Å²) in [6, 6.07) is 4.34. The number of carbonyl (C=O) groups excluding carboxylic acids is 2. The molecule has 0 saturated carbocycles. The summed E-state index contributed by atoms with van der Waals surface area (Å²) in [7, 11) is 0. The minimum Gasteiger partial charge on any atom is -0.343 e. The monoisotopic (exact) mass is 395 g/mol. The van der Waals surface area contributed by atoms with Crippen LogP contribution in [0.2, 0.25) is 0 Å². The van der Waals surface area contributed by atoms with Crippen LogP contribution in [-0.2, 0) is 28.9 Å². The molecular formula is C17H16F3N5O3. The second-order valence-electron chi connectivity index (χ2n) is 6.08. The summed E-state index contributed by atoms with van der Waals surface area (Å²) < 4.78 is 39.0. The maximum Gasteiger partial charge on any atom is 0.416 e. The van der Waals surface area contributed by atoms with E-state index in [-0.39, 0.29) is 24.7 Å². The minimum atomic E-state index is -4.42. The summed E-state index contributed by atoms with van der Waals surface area (Å²) >= 11 is 0. The van der Waals surface area contributed by atoms with Crippen LogP contribution in [0, 0.1) is 0 Å². The van der Waals surface area contributed by atoms with Crippen molar-refractivity contribution in [3.8, 4) is 0 Å². The van der Waals surface area contributed by atoms with Crippen molar-refractivity contribution in [1.82, 2.24) is 25.0 Å². The van der Waals surface area contributed by atoms with E-state index in [0.717, 1.165) is 18.2 Å². The van der Waals surface area contributed by atoms with Crippen LogP contribution >= 0.6 is 0 Å². The number of benzene rings is 1. The Morgan fingerprint density at radius 2 is 1.93 bits per heavy atom. The van der Waals surface area contributed by atoms with E-state index in [1.54, 1.807) is 0 Å². The summed E-state index contributed by atoms with van der Waals surface area (Å²) in [5.74, 6) is -0.446. The average molecular weight is 395 g/mol. The lowest BCUT2D eigenvalue weighted by molar-refractivity contribution is -0.137. The van der Waals surface area contributed by atoms with Gasteiger partial charge < -0.3 is 10.2 Å². The van der Waals surface area contributed by atoms with Crippen LogP contribution in [0.5, 0.6) is 0 Å². The number of halogens is 3. The molecule has 1 aromatic heterocycles. The predicted octanol–water partition coefficient (Wildman–Crippen LogP) is 0.762. The first-order valence-electron chi connectivity index (χ1n) is 8.29. The fourth-order valence-corrected chi connectivity index (χ4v) is 2.67. The molecule has 0 atom stereocenters. The quantitative estimate of drug-likeness (QED) is 0.747. The minimum absolute atomic E-state index is 0.162. The number of carbonyl (C=O) groups is 2. The molecule has 2 heterocycles. The number of aromatic nitrogens is 3. The van der Waals surface area contributed by atoms with E-state index in [2.05, 4.69) is 15.5 Å². The van der Waals surface area contributed by atoms with Crippen molar-refractivity contribution in [1.29, 1.82) is 0 Å². The third-order valence-corrected chi connectivity index (χ3v) is 4.19. The number of rotatable bonds is 4. The highest BCUT2D eigenvalue weighted by molar-refractivity contribution is 5.94.